The summed E-state index contributed by atoms with van der Waals surface area (Å²) in [5.41, 5.74) is 8.41. The van der Waals surface area contributed by atoms with E-state index >= 15 is 0 Å². The molecule has 0 aliphatic carbocycles. The Kier molecular flexibility index (Phi) is 7.88. The molecule has 4 aromatic rings. The number of nitrogens with zero attached hydrogens (tertiary/aromatic N) is 2. The van der Waals surface area contributed by atoms with Gasteiger partial charge in [-0.05, 0) is 89.7 Å². The second-order valence-electron chi connectivity index (χ2n) is 11.3. The van der Waals surface area contributed by atoms with E-state index in [1.807, 2.05) is 31.2 Å². The number of hydrogen-bond donors (Lipinski definition) is 1. The molecule has 44 heavy (non-hydrogen) atoms. The lowest BCUT2D eigenvalue weighted by molar-refractivity contribution is -0.115. The van der Waals surface area contributed by atoms with Crippen LogP contribution in [-0.4, -0.2) is 37.9 Å². The number of carbonyl (C=O) groups excluding carboxylic acids is 1. The highest BCUT2D eigenvalue weighted by atomic mass is 32.2. The van der Waals surface area contributed by atoms with Crippen LogP contribution in [0.2, 0.25) is 0 Å². The minimum absolute atomic E-state index is 0.156. The van der Waals surface area contributed by atoms with Gasteiger partial charge in [-0.15, -0.1) is 0 Å². The molecule has 3 aliphatic rings. The monoisotopic (exact) mass is 601 g/mol. The van der Waals surface area contributed by atoms with E-state index < -0.39 is 0 Å². The molecule has 2 atom stereocenters. The van der Waals surface area contributed by atoms with Gasteiger partial charge in [-0.2, -0.15) is 0 Å². The Labute approximate surface area is 262 Å². The Hall–Kier alpha value is -4.49. The molecule has 222 valence electrons. The Bertz CT molecular complexity index is 1680. The lowest BCUT2D eigenvalue weighted by Gasteiger charge is -2.43. The fourth-order valence-electron chi connectivity index (χ4n) is 6.70. The third-order valence-corrected chi connectivity index (χ3v) is 9.58. The number of thioether (sulfide) groups is 1. The maximum Gasteiger partial charge on any atom is 0.264 e. The minimum Gasteiger partial charge on any atom is -0.493 e. The summed E-state index contributed by atoms with van der Waals surface area (Å²) >= 11 is 1.36. The maximum atomic E-state index is 13.0. The van der Waals surface area contributed by atoms with Gasteiger partial charge in [0.15, 0.2) is 16.7 Å². The number of aliphatic imine (C=N–C) groups is 1. The normalized spacial score (nSPS) is 20.9. The van der Waals surface area contributed by atoms with E-state index in [1.54, 1.807) is 7.11 Å². The van der Waals surface area contributed by atoms with Crippen molar-refractivity contribution in [2.75, 3.05) is 31.7 Å². The van der Waals surface area contributed by atoms with Crippen LogP contribution in [0.1, 0.15) is 59.4 Å². The molecule has 3 aliphatic heterocycles. The van der Waals surface area contributed by atoms with Crippen molar-refractivity contribution in [2.24, 2.45) is 4.99 Å². The zero-order valence-electron chi connectivity index (χ0n) is 25.0. The first-order chi connectivity index (χ1) is 21.6. The highest BCUT2D eigenvalue weighted by molar-refractivity contribution is 8.18. The number of amides is 1. The highest BCUT2D eigenvalue weighted by Crippen LogP contribution is 2.50. The Balaban J connectivity index is 1.27. The largest absolute Gasteiger partial charge is 0.493 e. The van der Waals surface area contributed by atoms with E-state index in [-0.39, 0.29) is 5.91 Å². The molecule has 1 fully saturated rings. The number of nitrogens with one attached hydrogen (secondary N) is 1. The van der Waals surface area contributed by atoms with E-state index in [1.165, 1.54) is 39.7 Å². The van der Waals surface area contributed by atoms with Crippen LogP contribution in [-0.2, 0) is 4.79 Å². The van der Waals surface area contributed by atoms with Crippen LogP contribution >= 0.6 is 11.8 Å². The number of rotatable bonds is 7. The maximum absolute atomic E-state index is 13.0. The van der Waals surface area contributed by atoms with Crippen molar-refractivity contribution in [1.82, 2.24) is 5.32 Å². The Morgan fingerprint density at radius 3 is 2.11 bits per heavy atom. The quantitative estimate of drug-likeness (QED) is 0.219. The molecule has 0 bridgehead atoms. The molecule has 3 heterocycles. The first-order valence-corrected chi connectivity index (χ1v) is 16.1. The first kappa shape index (κ1) is 28.3. The van der Waals surface area contributed by atoms with E-state index in [9.17, 15) is 4.79 Å². The van der Waals surface area contributed by atoms with Crippen LogP contribution in [0.4, 0.5) is 11.4 Å². The number of benzene rings is 4. The summed E-state index contributed by atoms with van der Waals surface area (Å²) in [6.45, 7) is 4.58. The lowest BCUT2D eigenvalue weighted by Crippen LogP contribution is -2.37. The second-order valence-corrected chi connectivity index (χ2v) is 12.3. The molecule has 0 radical (unpaired) electrons. The van der Waals surface area contributed by atoms with Crippen LogP contribution in [0, 0.1) is 0 Å². The van der Waals surface area contributed by atoms with Gasteiger partial charge in [-0.3, -0.25) is 4.79 Å². The van der Waals surface area contributed by atoms with Crippen LogP contribution in [0.5, 0.6) is 11.5 Å². The van der Waals surface area contributed by atoms with Gasteiger partial charge in [0.05, 0.1) is 24.3 Å². The Morgan fingerprint density at radius 2 is 1.52 bits per heavy atom. The van der Waals surface area contributed by atoms with Crippen LogP contribution in [0.25, 0.3) is 6.08 Å². The highest BCUT2D eigenvalue weighted by Gasteiger charge is 2.35. The number of ether oxygens (including phenoxy) is 2. The standard InChI is InChI=1S/C37H35N3O3S/c1-3-43-32-15-14-24(20-33(32)42-2)21-34-36(41)39-37(44-34)38-27-22-30-28(25-10-6-4-7-11-25)16-18-40-19-17-29(31(23-27)35(30)40)26-12-8-5-9-13-26/h4-15,20-23,28-29H,3,16-19H2,1-2H3,(H,38,39,41)/b34-21-/t28-,29+. The minimum atomic E-state index is -0.156. The second kappa shape index (κ2) is 12.2. The van der Waals surface area contributed by atoms with Gasteiger partial charge in [-0.1, -0.05) is 66.7 Å². The molecule has 4 aromatic carbocycles. The molecule has 0 spiro atoms. The fourth-order valence-corrected chi connectivity index (χ4v) is 7.54. The summed E-state index contributed by atoms with van der Waals surface area (Å²) in [5, 5.41) is 3.58. The smallest absolute Gasteiger partial charge is 0.264 e. The molecule has 0 aromatic heterocycles. The van der Waals surface area contributed by atoms with Gasteiger partial charge in [0, 0.05) is 30.6 Å². The number of carbonyl (C=O) groups is 1. The predicted octanol–water partition coefficient (Wildman–Crippen LogP) is 7.86. The molecular weight excluding hydrogens is 566 g/mol. The fraction of sp³-hybridized carbons (Fsp3) is 0.243. The summed E-state index contributed by atoms with van der Waals surface area (Å²) in [7, 11) is 1.62. The van der Waals surface area contributed by atoms with Gasteiger partial charge < -0.3 is 19.7 Å². The number of amidine groups is 1. The van der Waals surface area contributed by atoms with Crippen LogP contribution < -0.4 is 19.7 Å². The molecule has 7 heteroatoms. The van der Waals surface area contributed by atoms with Crippen molar-refractivity contribution in [3.05, 3.63) is 124 Å². The van der Waals surface area contributed by atoms with E-state index in [0.717, 1.165) is 37.2 Å². The Morgan fingerprint density at radius 1 is 0.886 bits per heavy atom. The van der Waals surface area contributed by atoms with Crippen molar-refractivity contribution in [2.45, 2.75) is 31.6 Å². The van der Waals surface area contributed by atoms with E-state index in [2.05, 4.69) is 83.0 Å². The summed E-state index contributed by atoms with van der Waals surface area (Å²) in [5.74, 6) is 1.76. The predicted molar refractivity (Wildman–Crippen MR) is 179 cm³/mol. The first-order valence-electron chi connectivity index (χ1n) is 15.2. The average molecular weight is 602 g/mol. The van der Waals surface area contributed by atoms with Crippen molar-refractivity contribution >= 4 is 40.3 Å². The number of methoxy groups -OCH3 is 1. The van der Waals surface area contributed by atoms with E-state index in [4.69, 9.17) is 14.5 Å². The van der Waals surface area contributed by atoms with Crippen LogP contribution in [0.15, 0.2) is 101 Å². The van der Waals surface area contributed by atoms with Crippen molar-refractivity contribution < 1.29 is 14.3 Å². The van der Waals surface area contributed by atoms with Gasteiger partial charge in [0.1, 0.15) is 0 Å². The van der Waals surface area contributed by atoms with Crippen LogP contribution in [0.3, 0.4) is 0 Å². The number of anilines is 1. The van der Waals surface area contributed by atoms with Crippen molar-refractivity contribution in [1.29, 1.82) is 0 Å². The molecule has 7 rings (SSSR count). The molecule has 0 unspecified atom stereocenters. The van der Waals surface area contributed by atoms with Gasteiger partial charge >= 0.3 is 0 Å². The molecule has 0 saturated carbocycles. The third kappa shape index (κ3) is 5.48. The zero-order valence-corrected chi connectivity index (χ0v) is 25.8. The van der Waals surface area contributed by atoms with Crippen molar-refractivity contribution in [3.63, 3.8) is 0 Å². The zero-order chi connectivity index (χ0) is 30.0. The lowest BCUT2D eigenvalue weighted by atomic mass is 9.76. The molecule has 6 nitrogen and oxygen atoms in total. The molecular formula is C37H35N3O3S. The van der Waals surface area contributed by atoms with Crippen molar-refractivity contribution in [3.8, 4) is 11.5 Å². The van der Waals surface area contributed by atoms with Gasteiger partial charge in [0.25, 0.3) is 5.91 Å². The summed E-state index contributed by atoms with van der Waals surface area (Å²) in [4.78, 5) is 21.2. The average Bonchev–Trinajstić information content (AvgIpc) is 3.40. The third-order valence-electron chi connectivity index (χ3n) is 8.67. The van der Waals surface area contributed by atoms with E-state index in [0.29, 0.717) is 40.0 Å². The molecule has 1 saturated heterocycles. The summed E-state index contributed by atoms with van der Waals surface area (Å²) in [6, 6.07) is 31.8. The summed E-state index contributed by atoms with van der Waals surface area (Å²) in [6.07, 6.45) is 4.00. The summed E-state index contributed by atoms with van der Waals surface area (Å²) < 4.78 is 11.1. The molecule has 1 amide bonds. The van der Waals surface area contributed by atoms with Gasteiger partial charge in [-0.25, -0.2) is 4.99 Å². The SMILES string of the molecule is CCOc1ccc(/C=C2\SC(=Nc3cc4c5c(c3)[C@H](c3ccccc3)CCN5CC[C@@H]4c3ccccc3)NC2=O)cc1OC. The topological polar surface area (TPSA) is 63.2 Å². The molecule has 1 N–H and O–H groups in total. The van der Waals surface area contributed by atoms with Gasteiger partial charge in [0.2, 0.25) is 0 Å². The number of hydrogen-bond acceptors (Lipinski definition) is 6.